The SMILES string of the molecule is CCCn1nncc1C(N)c1ccco1. The molecular formula is C10H14N4O. The Morgan fingerprint density at radius 2 is 2.47 bits per heavy atom. The number of aryl methyl sites for hydroxylation is 1. The van der Waals surface area contributed by atoms with Crippen molar-refractivity contribution in [1.82, 2.24) is 15.0 Å². The molecule has 2 aromatic heterocycles. The first-order chi connectivity index (χ1) is 7.33. The first-order valence-electron chi connectivity index (χ1n) is 5.00. The van der Waals surface area contributed by atoms with E-state index in [9.17, 15) is 0 Å². The van der Waals surface area contributed by atoms with Gasteiger partial charge in [-0.2, -0.15) is 0 Å². The highest BCUT2D eigenvalue weighted by molar-refractivity contribution is 5.16. The number of rotatable bonds is 4. The second kappa shape index (κ2) is 4.27. The largest absolute Gasteiger partial charge is 0.467 e. The maximum absolute atomic E-state index is 6.04. The number of furan rings is 1. The fraction of sp³-hybridized carbons (Fsp3) is 0.400. The molecule has 0 spiro atoms. The highest BCUT2D eigenvalue weighted by Crippen LogP contribution is 2.18. The van der Waals surface area contributed by atoms with Crippen LogP contribution in [0.25, 0.3) is 0 Å². The van der Waals surface area contributed by atoms with Crippen molar-refractivity contribution in [2.75, 3.05) is 0 Å². The smallest absolute Gasteiger partial charge is 0.126 e. The zero-order valence-electron chi connectivity index (χ0n) is 8.63. The summed E-state index contributed by atoms with van der Waals surface area (Å²) >= 11 is 0. The predicted octanol–water partition coefficient (Wildman–Crippen LogP) is 1.33. The Balaban J connectivity index is 2.25. The number of hydrogen-bond acceptors (Lipinski definition) is 4. The van der Waals surface area contributed by atoms with Crippen LogP contribution in [0.1, 0.15) is 30.8 Å². The van der Waals surface area contributed by atoms with Crippen molar-refractivity contribution in [1.29, 1.82) is 0 Å². The van der Waals surface area contributed by atoms with E-state index in [2.05, 4.69) is 17.2 Å². The van der Waals surface area contributed by atoms with Crippen LogP contribution < -0.4 is 5.73 Å². The van der Waals surface area contributed by atoms with Crippen LogP contribution in [0.4, 0.5) is 0 Å². The molecule has 0 fully saturated rings. The van der Waals surface area contributed by atoms with Crippen LogP contribution >= 0.6 is 0 Å². The fourth-order valence-corrected chi connectivity index (χ4v) is 1.51. The van der Waals surface area contributed by atoms with Gasteiger partial charge in [0.1, 0.15) is 11.8 Å². The van der Waals surface area contributed by atoms with Crippen LogP contribution in [0.5, 0.6) is 0 Å². The summed E-state index contributed by atoms with van der Waals surface area (Å²) in [6.45, 7) is 2.91. The summed E-state index contributed by atoms with van der Waals surface area (Å²) in [5.41, 5.74) is 6.92. The van der Waals surface area contributed by atoms with E-state index in [0.717, 1.165) is 24.4 Å². The summed E-state index contributed by atoms with van der Waals surface area (Å²) in [7, 11) is 0. The molecule has 0 aromatic carbocycles. The summed E-state index contributed by atoms with van der Waals surface area (Å²) in [6.07, 6.45) is 4.30. The van der Waals surface area contributed by atoms with Gasteiger partial charge in [0.15, 0.2) is 0 Å². The molecule has 5 nitrogen and oxygen atoms in total. The second-order valence-electron chi connectivity index (χ2n) is 3.38. The highest BCUT2D eigenvalue weighted by Gasteiger charge is 2.16. The lowest BCUT2D eigenvalue weighted by atomic mass is 10.2. The molecule has 0 amide bonds. The van der Waals surface area contributed by atoms with Crippen LogP contribution in [0.2, 0.25) is 0 Å². The van der Waals surface area contributed by atoms with Crippen LogP contribution in [-0.4, -0.2) is 15.0 Å². The van der Waals surface area contributed by atoms with E-state index in [-0.39, 0.29) is 6.04 Å². The van der Waals surface area contributed by atoms with Gasteiger partial charge in [0.25, 0.3) is 0 Å². The molecule has 2 rings (SSSR count). The molecule has 2 aromatic rings. The minimum Gasteiger partial charge on any atom is -0.467 e. The molecule has 0 saturated heterocycles. The van der Waals surface area contributed by atoms with Gasteiger partial charge in [-0.05, 0) is 18.6 Å². The molecule has 2 heterocycles. The zero-order valence-corrected chi connectivity index (χ0v) is 8.63. The molecule has 0 bridgehead atoms. The molecule has 0 aliphatic heterocycles. The molecule has 0 saturated carbocycles. The van der Waals surface area contributed by atoms with Gasteiger partial charge >= 0.3 is 0 Å². The minimum atomic E-state index is -0.290. The monoisotopic (exact) mass is 206 g/mol. The van der Waals surface area contributed by atoms with Gasteiger partial charge in [-0.25, -0.2) is 4.68 Å². The topological polar surface area (TPSA) is 69.9 Å². The van der Waals surface area contributed by atoms with E-state index in [1.54, 1.807) is 12.5 Å². The van der Waals surface area contributed by atoms with Crippen LogP contribution in [0, 0.1) is 0 Å². The van der Waals surface area contributed by atoms with Crippen molar-refractivity contribution in [2.45, 2.75) is 25.9 Å². The third kappa shape index (κ3) is 1.92. The summed E-state index contributed by atoms with van der Waals surface area (Å²) in [5.74, 6) is 0.731. The second-order valence-corrected chi connectivity index (χ2v) is 3.38. The summed E-state index contributed by atoms with van der Waals surface area (Å²) in [6, 6.07) is 3.39. The van der Waals surface area contributed by atoms with Crippen molar-refractivity contribution >= 4 is 0 Å². The number of aromatic nitrogens is 3. The van der Waals surface area contributed by atoms with E-state index in [0.29, 0.717) is 0 Å². The van der Waals surface area contributed by atoms with Gasteiger partial charge in [0.2, 0.25) is 0 Å². The number of nitrogens with zero attached hydrogens (tertiary/aromatic N) is 3. The Morgan fingerprint density at radius 1 is 1.60 bits per heavy atom. The van der Waals surface area contributed by atoms with Crippen molar-refractivity contribution in [3.8, 4) is 0 Å². The van der Waals surface area contributed by atoms with Crippen molar-refractivity contribution < 1.29 is 4.42 Å². The molecule has 1 unspecified atom stereocenters. The van der Waals surface area contributed by atoms with E-state index in [1.165, 1.54) is 0 Å². The van der Waals surface area contributed by atoms with E-state index >= 15 is 0 Å². The van der Waals surface area contributed by atoms with Gasteiger partial charge in [-0.15, -0.1) is 5.10 Å². The van der Waals surface area contributed by atoms with Gasteiger partial charge in [-0.3, -0.25) is 0 Å². The first-order valence-corrected chi connectivity index (χ1v) is 5.00. The third-order valence-corrected chi connectivity index (χ3v) is 2.25. The summed E-state index contributed by atoms with van der Waals surface area (Å²) < 4.78 is 7.07. The highest BCUT2D eigenvalue weighted by atomic mass is 16.3. The lowest BCUT2D eigenvalue weighted by molar-refractivity contribution is 0.466. The maximum Gasteiger partial charge on any atom is 0.126 e. The van der Waals surface area contributed by atoms with Crippen LogP contribution in [0.3, 0.4) is 0 Å². The summed E-state index contributed by atoms with van der Waals surface area (Å²) in [5, 5.41) is 7.84. The molecular weight excluding hydrogens is 192 g/mol. The normalized spacial score (nSPS) is 12.9. The number of nitrogens with two attached hydrogens (primary N) is 1. The lowest BCUT2D eigenvalue weighted by Gasteiger charge is -2.09. The molecule has 0 radical (unpaired) electrons. The van der Waals surface area contributed by atoms with Crippen LogP contribution in [0.15, 0.2) is 29.0 Å². The van der Waals surface area contributed by atoms with Gasteiger partial charge < -0.3 is 10.2 Å². The lowest BCUT2D eigenvalue weighted by Crippen LogP contribution is -2.17. The Hall–Kier alpha value is -1.62. The molecule has 15 heavy (non-hydrogen) atoms. The fourth-order valence-electron chi connectivity index (χ4n) is 1.51. The zero-order chi connectivity index (χ0) is 10.7. The first kappa shape index (κ1) is 9.92. The minimum absolute atomic E-state index is 0.290. The molecule has 80 valence electrons. The van der Waals surface area contributed by atoms with E-state index in [4.69, 9.17) is 10.2 Å². The van der Waals surface area contributed by atoms with Gasteiger partial charge in [-0.1, -0.05) is 12.1 Å². The van der Waals surface area contributed by atoms with Crippen LogP contribution in [-0.2, 0) is 6.54 Å². The van der Waals surface area contributed by atoms with E-state index < -0.39 is 0 Å². The Kier molecular flexibility index (Phi) is 2.82. The third-order valence-electron chi connectivity index (χ3n) is 2.25. The van der Waals surface area contributed by atoms with Crippen molar-refractivity contribution in [3.63, 3.8) is 0 Å². The predicted molar refractivity (Wildman–Crippen MR) is 55.1 cm³/mol. The van der Waals surface area contributed by atoms with Crippen molar-refractivity contribution in [2.24, 2.45) is 5.73 Å². The Morgan fingerprint density at radius 3 is 3.13 bits per heavy atom. The van der Waals surface area contributed by atoms with Gasteiger partial charge in [0.05, 0.1) is 18.2 Å². The standard InChI is InChI=1S/C10H14N4O/c1-2-5-14-8(7-12-13-14)10(11)9-4-3-6-15-9/h3-4,6-7,10H,2,5,11H2,1H3. The van der Waals surface area contributed by atoms with E-state index in [1.807, 2.05) is 16.8 Å². The average Bonchev–Trinajstić information content (AvgIpc) is 2.87. The van der Waals surface area contributed by atoms with Crippen molar-refractivity contribution in [3.05, 3.63) is 36.0 Å². The molecule has 5 heteroatoms. The quantitative estimate of drug-likeness (QED) is 0.819. The molecule has 0 aliphatic carbocycles. The Labute approximate surface area is 87.9 Å². The maximum atomic E-state index is 6.04. The Bertz CT molecular complexity index is 407. The van der Waals surface area contributed by atoms with Gasteiger partial charge in [0, 0.05) is 6.54 Å². The summed E-state index contributed by atoms with van der Waals surface area (Å²) in [4.78, 5) is 0. The molecule has 2 N–H and O–H groups in total. The molecule has 1 atom stereocenters. The molecule has 0 aliphatic rings. The number of hydrogen-bond donors (Lipinski definition) is 1. The average molecular weight is 206 g/mol.